The van der Waals surface area contributed by atoms with E-state index < -0.39 is 0 Å². The quantitative estimate of drug-likeness (QED) is 0.391. The molecule has 184 valence electrons. The normalized spacial score (nSPS) is 12.7. The lowest BCUT2D eigenvalue weighted by atomic mass is 9.90. The number of para-hydroxylation sites is 1. The minimum absolute atomic E-state index is 0.0819. The van der Waals surface area contributed by atoms with E-state index in [9.17, 15) is 9.59 Å². The van der Waals surface area contributed by atoms with E-state index in [1.165, 1.54) is 0 Å². The highest BCUT2D eigenvalue weighted by Crippen LogP contribution is 2.24. The van der Waals surface area contributed by atoms with Gasteiger partial charge >= 0.3 is 0 Å². The van der Waals surface area contributed by atoms with E-state index >= 15 is 0 Å². The smallest absolute Gasteiger partial charge is 0.267 e. The van der Waals surface area contributed by atoms with Crippen LogP contribution in [0.15, 0.2) is 76.1 Å². The monoisotopic (exact) mass is 483 g/mol. The average molecular weight is 484 g/mol. The lowest BCUT2D eigenvalue weighted by Crippen LogP contribution is -2.32. The Hall–Kier alpha value is -4.13. The topological polar surface area (TPSA) is 88.4 Å². The number of methoxy groups -OCH3 is 1. The van der Waals surface area contributed by atoms with Crippen LogP contribution < -0.4 is 15.2 Å². The molecule has 1 aliphatic rings. The van der Waals surface area contributed by atoms with Crippen LogP contribution in [0, 0.1) is 0 Å². The Kier molecular flexibility index (Phi) is 6.98. The van der Waals surface area contributed by atoms with Gasteiger partial charge in [-0.1, -0.05) is 30.3 Å². The van der Waals surface area contributed by atoms with E-state index in [0.717, 1.165) is 59.4 Å². The van der Waals surface area contributed by atoms with E-state index in [4.69, 9.17) is 9.15 Å². The van der Waals surface area contributed by atoms with Crippen molar-refractivity contribution in [3.05, 3.63) is 111 Å². The molecule has 0 saturated carbocycles. The Morgan fingerprint density at radius 3 is 2.69 bits per heavy atom. The minimum atomic E-state index is -0.141. The highest BCUT2D eigenvalue weighted by Gasteiger charge is 2.22. The van der Waals surface area contributed by atoms with Crippen LogP contribution in [0.5, 0.6) is 5.75 Å². The van der Waals surface area contributed by atoms with Crippen molar-refractivity contribution >= 4 is 11.8 Å². The van der Waals surface area contributed by atoms with Crippen LogP contribution in [0.4, 0.5) is 5.88 Å². The average Bonchev–Trinajstić information content (AvgIpc) is 3.45. The number of H-pyrrole nitrogens is 1. The van der Waals surface area contributed by atoms with Crippen molar-refractivity contribution in [3.63, 3.8) is 0 Å². The first kappa shape index (κ1) is 23.6. The Labute approximate surface area is 209 Å². The van der Waals surface area contributed by atoms with Gasteiger partial charge in [-0.25, -0.2) is 5.10 Å². The zero-order valence-corrected chi connectivity index (χ0v) is 20.3. The number of aromatic amines is 1. The molecule has 0 unspecified atom stereocenters. The molecule has 0 spiro atoms. The molecule has 5 rings (SSSR count). The molecule has 0 radical (unpaired) electrons. The predicted octanol–water partition coefficient (Wildman–Crippen LogP) is 4.73. The lowest BCUT2D eigenvalue weighted by molar-refractivity contribution is 0.0982. The Morgan fingerprint density at radius 2 is 1.89 bits per heavy atom. The van der Waals surface area contributed by atoms with Gasteiger partial charge in [-0.05, 0) is 73.1 Å². The van der Waals surface area contributed by atoms with Crippen LogP contribution in [0.2, 0.25) is 0 Å². The first-order chi connectivity index (χ1) is 17.6. The van der Waals surface area contributed by atoms with E-state index in [1.807, 2.05) is 48.5 Å². The van der Waals surface area contributed by atoms with Crippen molar-refractivity contribution in [2.75, 3.05) is 18.6 Å². The number of carbonyl (C=O) groups excluding carboxylic acids is 1. The fourth-order valence-corrected chi connectivity index (χ4v) is 4.91. The minimum Gasteiger partial charge on any atom is -0.496 e. The van der Waals surface area contributed by atoms with Gasteiger partial charge in [-0.2, -0.15) is 5.10 Å². The molecule has 0 saturated heterocycles. The van der Waals surface area contributed by atoms with Gasteiger partial charge in [0.25, 0.3) is 11.5 Å². The summed E-state index contributed by atoms with van der Waals surface area (Å²) in [4.78, 5) is 27.5. The van der Waals surface area contributed by atoms with Gasteiger partial charge in [0.15, 0.2) is 0 Å². The van der Waals surface area contributed by atoms with Crippen molar-refractivity contribution in [2.45, 2.75) is 38.5 Å². The fourth-order valence-electron chi connectivity index (χ4n) is 4.91. The molecule has 2 aromatic heterocycles. The van der Waals surface area contributed by atoms with Crippen LogP contribution in [-0.2, 0) is 25.7 Å². The number of benzene rings is 2. The van der Waals surface area contributed by atoms with Gasteiger partial charge in [0, 0.05) is 30.2 Å². The van der Waals surface area contributed by atoms with Crippen molar-refractivity contribution in [1.29, 1.82) is 0 Å². The van der Waals surface area contributed by atoms with Gasteiger partial charge in [0.1, 0.15) is 5.75 Å². The molecule has 2 aromatic carbocycles. The van der Waals surface area contributed by atoms with Crippen LogP contribution in [0.25, 0.3) is 0 Å². The maximum Gasteiger partial charge on any atom is 0.267 e. The van der Waals surface area contributed by atoms with Crippen molar-refractivity contribution < 1.29 is 13.9 Å². The number of aromatic nitrogens is 2. The van der Waals surface area contributed by atoms with Crippen LogP contribution in [0.3, 0.4) is 0 Å². The third-order valence-electron chi connectivity index (χ3n) is 6.74. The molecule has 0 aliphatic heterocycles. The molecule has 1 amide bonds. The number of fused-ring (bicyclic) bond motifs is 1. The maximum absolute atomic E-state index is 13.7. The SMILES string of the molecule is COc1ccccc1CCN(C(=O)c1cccc(Cc2n[nH]c(=O)c3c2CCCC3)c1)c1ccco1. The lowest BCUT2D eigenvalue weighted by Gasteiger charge is -2.21. The van der Waals surface area contributed by atoms with E-state index in [-0.39, 0.29) is 11.5 Å². The number of anilines is 1. The van der Waals surface area contributed by atoms with Gasteiger partial charge in [-0.15, -0.1) is 0 Å². The van der Waals surface area contributed by atoms with Gasteiger partial charge in [-0.3, -0.25) is 14.5 Å². The standard InChI is InChI=1S/C29H29N3O4/c1-35-26-13-5-2-9-21(26)15-16-32(27-14-7-17-36-27)29(34)22-10-6-8-20(18-22)19-25-23-11-3-4-12-24(23)28(33)31-30-25/h2,5-10,13-14,17-18H,3-4,11-12,15-16,19H2,1H3,(H,31,33). The predicted molar refractivity (Wildman–Crippen MR) is 138 cm³/mol. The molecule has 4 aromatic rings. The summed E-state index contributed by atoms with van der Waals surface area (Å²) in [6.07, 6.45) is 6.50. The van der Waals surface area contributed by atoms with Crippen molar-refractivity contribution in [1.82, 2.24) is 10.2 Å². The molecular formula is C29H29N3O4. The number of carbonyl (C=O) groups is 1. The van der Waals surface area contributed by atoms with Crippen molar-refractivity contribution in [3.8, 4) is 5.75 Å². The summed E-state index contributed by atoms with van der Waals surface area (Å²) < 4.78 is 11.1. The number of nitrogens with zero attached hydrogens (tertiary/aromatic N) is 2. The summed E-state index contributed by atoms with van der Waals surface area (Å²) in [7, 11) is 1.65. The number of hydrogen-bond acceptors (Lipinski definition) is 5. The first-order valence-electron chi connectivity index (χ1n) is 12.3. The zero-order chi connectivity index (χ0) is 24.9. The molecule has 1 aliphatic carbocycles. The summed E-state index contributed by atoms with van der Waals surface area (Å²) in [6, 6.07) is 19.0. The summed E-state index contributed by atoms with van der Waals surface area (Å²) in [5, 5.41) is 7.02. The molecule has 2 heterocycles. The summed E-state index contributed by atoms with van der Waals surface area (Å²) in [5.41, 5.74) is 5.29. The number of rotatable bonds is 8. The molecule has 0 fully saturated rings. The number of furan rings is 1. The highest BCUT2D eigenvalue weighted by atomic mass is 16.5. The van der Waals surface area contributed by atoms with Crippen LogP contribution in [0.1, 0.15) is 51.1 Å². The van der Waals surface area contributed by atoms with Crippen LogP contribution >= 0.6 is 0 Å². The second-order valence-electron chi connectivity index (χ2n) is 9.01. The molecule has 0 bridgehead atoms. The number of nitrogens with one attached hydrogen (secondary N) is 1. The molecular weight excluding hydrogens is 454 g/mol. The highest BCUT2D eigenvalue weighted by molar-refractivity contribution is 6.05. The van der Waals surface area contributed by atoms with Crippen LogP contribution in [-0.4, -0.2) is 29.8 Å². The second kappa shape index (κ2) is 10.6. The largest absolute Gasteiger partial charge is 0.496 e. The second-order valence-corrected chi connectivity index (χ2v) is 9.01. The van der Waals surface area contributed by atoms with E-state index in [0.29, 0.717) is 30.8 Å². The number of hydrogen-bond donors (Lipinski definition) is 1. The zero-order valence-electron chi connectivity index (χ0n) is 20.3. The molecule has 7 nitrogen and oxygen atoms in total. The Morgan fingerprint density at radius 1 is 1.06 bits per heavy atom. The van der Waals surface area contributed by atoms with E-state index in [2.05, 4.69) is 10.2 Å². The molecule has 36 heavy (non-hydrogen) atoms. The van der Waals surface area contributed by atoms with Gasteiger partial charge in [0.2, 0.25) is 5.88 Å². The van der Waals surface area contributed by atoms with Gasteiger partial charge < -0.3 is 9.15 Å². The molecule has 7 heteroatoms. The summed E-state index contributed by atoms with van der Waals surface area (Å²) in [5.74, 6) is 1.15. The number of ether oxygens (including phenoxy) is 1. The Bertz CT molecular complexity index is 1410. The summed E-state index contributed by atoms with van der Waals surface area (Å²) in [6.45, 7) is 0.436. The van der Waals surface area contributed by atoms with Crippen molar-refractivity contribution in [2.24, 2.45) is 0 Å². The maximum atomic E-state index is 13.7. The number of amides is 1. The third-order valence-corrected chi connectivity index (χ3v) is 6.74. The first-order valence-corrected chi connectivity index (χ1v) is 12.3. The fraction of sp³-hybridized carbons (Fsp3) is 0.276. The third kappa shape index (κ3) is 4.96. The summed E-state index contributed by atoms with van der Waals surface area (Å²) >= 11 is 0. The molecule has 0 atom stereocenters. The van der Waals surface area contributed by atoms with Gasteiger partial charge in [0.05, 0.1) is 19.1 Å². The Balaban J connectivity index is 1.39. The molecule has 1 N–H and O–H groups in total. The van der Waals surface area contributed by atoms with E-state index in [1.54, 1.807) is 30.4 Å².